The predicted octanol–water partition coefficient (Wildman–Crippen LogP) is 2.93. The minimum atomic E-state index is 0.0701. The fourth-order valence-corrected chi connectivity index (χ4v) is 3.19. The maximum Gasteiger partial charge on any atom is 0.163 e. The van der Waals surface area contributed by atoms with Gasteiger partial charge in [0.05, 0.1) is 49.3 Å². The molecule has 3 rings (SSSR count). The van der Waals surface area contributed by atoms with Crippen LogP contribution in [0, 0.1) is 18.5 Å². The normalized spacial score (nSPS) is 10.8. The molecule has 0 unspecified atom stereocenters. The van der Waals surface area contributed by atoms with Crippen molar-refractivity contribution >= 4 is 34.0 Å². The summed E-state index contributed by atoms with van der Waals surface area (Å²) in [6.07, 6.45) is 11.8. The zero-order valence-corrected chi connectivity index (χ0v) is 17.9. The Morgan fingerprint density at radius 2 is 2.13 bits per heavy atom. The van der Waals surface area contributed by atoms with Crippen LogP contribution in [0.25, 0.3) is 10.9 Å². The molecule has 0 fully saturated rings. The standard InChI is InChI=1S/C22H23ClN5O3/c1-3-5-28(7-8-29)6-4-9-31-21-12-19-18(11-20(21)30-2)22(26-15-25-19)27-17-10-16(23)13-24-14-17/h1,10-12,14-15,29H,4-9H2,2H3,(H,25,26,27). The summed E-state index contributed by atoms with van der Waals surface area (Å²) in [5.41, 5.74) is 1.38. The van der Waals surface area contributed by atoms with Crippen molar-refractivity contribution in [3.8, 4) is 23.8 Å². The van der Waals surface area contributed by atoms with Crippen molar-refractivity contribution in [2.75, 3.05) is 45.3 Å². The molecule has 0 saturated heterocycles. The monoisotopic (exact) mass is 440 g/mol. The van der Waals surface area contributed by atoms with Gasteiger partial charge in [0.15, 0.2) is 11.5 Å². The number of aliphatic hydroxyl groups excluding tert-OH is 1. The van der Waals surface area contributed by atoms with Gasteiger partial charge < -0.3 is 19.9 Å². The molecular weight excluding hydrogens is 418 g/mol. The highest BCUT2D eigenvalue weighted by atomic mass is 35.5. The Morgan fingerprint density at radius 1 is 1.26 bits per heavy atom. The average molecular weight is 441 g/mol. The highest BCUT2D eigenvalue weighted by Gasteiger charge is 2.12. The van der Waals surface area contributed by atoms with E-state index in [2.05, 4.69) is 32.4 Å². The molecular formula is C22H23ClN5O3. The van der Waals surface area contributed by atoms with Crippen LogP contribution in [0.15, 0.2) is 30.7 Å². The van der Waals surface area contributed by atoms with Crippen molar-refractivity contribution < 1.29 is 14.6 Å². The molecule has 0 atom stereocenters. The Morgan fingerprint density at radius 3 is 2.87 bits per heavy atom. The summed E-state index contributed by atoms with van der Waals surface area (Å²) >= 11 is 5.96. The van der Waals surface area contributed by atoms with E-state index in [0.717, 1.165) is 18.4 Å². The summed E-state index contributed by atoms with van der Waals surface area (Å²) in [4.78, 5) is 14.6. The van der Waals surface area contributed by atoms with Crippen molar-refractivity contribution in [1.29, 1.82) is 0 Å². The highest BCUT2D eigenvalue weighted by molar-refractivity contribution is 6.30. The van der Waals surface area contributed by atoms with Gasteiger partial charge in [0.25, 0.3) is 0 Å². The molecule has 1 aromatic carbocycles. The number of aliphatic hydroxyl groups is 1. The van der Waals surface area contributed by atoms with Gasteiger partial charge in [-0.2, -0.15) is 0 Å². The van der Waals surface area contributed by atoms with Crippen molar-refractivity contribution in [3.63, 3.8) is 0 Å². The van der Waals surface area contributed by atoms with E-state index >= 15 is 0 Å². The van der Waals surface area contributed by atoms with Gasteiger partial charge in [-0.3, -0.25) is 9.88 Å². The van der Waals surface area contributed by atoms with Gasteiger partial charge in [-0.05, 0) is 18.6 Å². The minimum Gasteiger partial charge on any atom is -0.493 e. The topological polar surface area (TPSA) is 92.6 Å². The summed E-state index contributed by atoms with van der Waals surface area (Å²) in [5, 5.41) is 13.5. The second kappa shape index (κ2) is 11.3. The van der Waals surface area contributed by atoms with Crippen LogP contribution in [0.1, 0.15) is 6.42 Å². The average Bonchev–Trinajstić information content (AvgIpc) is 2.76. The van der Waals surface area contributed by atoms with Crippen molar-refractivity contribution in [1.82, 2.24) is 19.9 Å². The Hall–Kier alpha value is -3.12. The largest absolute Gasteiger partial charge is 0.493 e. The lowest BCUT2D eigenvalue weighted by atomic mass is 10.2. The van der Waals surface area contributed by atoms with E-state index in [1.807, 2.05) is 17.0 Å². The second-order valence-electron chi connectivity index (χ2n) is 6.59. The van der Waals surface area contributed by atoms with E-state index in [4.69, 9.17) is 32.6 Å². The Balaban J connectivity index is 1.74. The lowest BCUT2D eigenvalue weighted by molar-refractivity contribution is 0.195. The van der Waals surface area contributed by atoms with Gasteiger partial charge in [0, 0.05) is 24.5 Å². The predicted molar refractivity (Wildman–Crippen MR) is 120 cm³/mol. The summed E-state index contributed by atoms with van der Waals surface area (Å²) in [5.74, 6) is 4.34. The number of rotatable bonds is 11. The molecule has 9 heteroatoms. The molecule has 1 radical (unpaired) electrons. The first kappa shape index (κ1) is 22.6. The van der Waals surface area contributed by atoms with Crippen molar-refractivity contribution in [2.24, 2.45) is 0 Å². The van der Waals surface area contributed by atoms with Crippen LogP contribution in [0.4, 0.5) is 11.5 Å². The number of benzene rings is 1. The van der Waals surface area contributed by atoms with Crippen LogP contribution in [0.5, 0.6) is 11.5 Å². The Labute approximate surface area is 186 Å². The molecule has 0 saturated carbocycles. The molecule has 0 bridgehead atoms. The van der Waals surface area contributed by atoms with E-state index < -0.39 is 0 Å². The summed E-state index contributed by atoms with van der Waals surface area (Å²) in [7, 11) is 1.58. The van der Waals surface area contributed by atoms with E-state index in [-0.39, 0.29) is 6.61 Å². The number of methoxy groups -OCH3 is 1. The van der Waals surface area contributed by atoms with Crippen LogP contribution < -0.4 is 14.8 Å². The third kappa shape index (κ3) is 6.18. The number of terminal acetylenes is 1. The first-order valence-corrected chi connectivity index (χ1v) is 10.0. The van der Waals surface area contributed by atoms with Gasteiger partial charge in [-0.25, -0.2) is 9.97 Å². The van der Waals surface area contributed by atoms with Crippen molar-refractivity contribution in [2.45, 2.75) is 6.42 Å². The molecule has 161 valence electrons. The van der Waals surface area contributed by atoms with Gasteiger partial charge in [0.2, 0.25) is 0 Å². The van der Waals surface area contributed by atoms with E-state index in [1.54, 1.807) is 19.4 Å². The number of hydrogen-bond donors (Lipinski definition) is 2. The number of ether oxygens (including phenoxy) is 2. The number of anilines is 2. The van der Waals surface area contributed by atoms with Crippen molar-refractivity contribution in [3.05, 3.63) is 41.9 Å². The molecule has 2 N–H and O–H groups in total. The third-order valence-corrected chi connectivity index (χ3v) is 4.64. The molecule has 0 spiro atoms. The molecule has 3 aromatic rings. The number of fused-ring (bicyclic) bond motifs is 1. The van der Waals surface area contributed by atoms with Gasteiger partial charge in [0.1, 0.15) is 18.3 Å². The van der Waals surface area contributed by atoms with Crippen LogP contribution in [0.2, 0.25) is 5.02 Å². The molecule has 0 aliphatic carbocycles. The molecule has 31 heavy (non-hydrogen) atoms. The summed E-state index contributed by atoms with van der Waals surface area (Å²) < 4.78 is 11.5. The zero-order chi connectivity index (χ0) is 22.1. The maximum absolute atomic E-state index is 9.11. The SMILES string of the molecule is C#CCN(CCO)CCCOc1cc2ncnc(Nc3cn[c]c(Cl)c3)c2cc1OC. The molecule has 2 heterocycles. The highest BCUT2D eigenvalue weighted by Crippen LogP contribution is 2.34. The number of aromatic nitrogens is 3. The Bertz CT molecular complexity index is 1060. The number of hydrogen-bond acceptors (Lipinski definition) is 8. The lowest BCUT2D eigenvalue weighted by Crippen LogP contribution is -2.29. The van der Waals surface area contributed by atoms with Crippen LogP contribution >= 0.6 is 11.6 Å². The van der Waals surface area contributed by atoms with E-state index in [9.17, 15) is 0 Å². The van der Waals surface area contributed by atoms with Crippen LogP contribution in [-0.4, -0.2) is 64.9 Å². The molecule has 0 amide bonds. The van der Waals surface area contributed by atoms with Gasteiger partial charge in [-0.15, -0.1) is 6.42 Å². The quantitative estimate of drug-likeness (QED) is 0.347. The van der Waals surface area contributed by atoms with E-state index in [0.29, 0.717) is 53.2 Å². The fourth-order valence-electron chi connectivity index (χ4n) is 3.02. The van der Waals surface area contributed by atoms with Gasteiger partial charge >= 0.3 is 0 Å². The smallest absolute Gasteiger partial charge is 0.163 e. The second-order valence-corrected chi connectivity index (χ2v) is 7.00. The molecule has 2 aromatic heterocycles. The number of nitrogens with one attached hydrogen (secondary N) is 1. The summed E-state index contributed by atoms with van der Waals surface area (Å²) in [6, 6.07) is 5.35. The molecule has 0 aliphatic heterocycles. The van der Waals surface area contributed by atoms with Crippen LogP contribution in [0.3, 0.4) is 0 Å². The third-order valence-electron chi connectivity index (χ3n) is 4.45. The van der Waals surface area contributed by atoms with Crippen LogP contribution in [-0.2, 0) is 0 Å². The maximum atomic E-state index is 9.11. The Kier molecular flexibility index (Phi) is 8.24. The number of nitrogens with zero attached hydrogens (tertiary/aromatic N) is 4. The molecule has 0 aliphatic rings. The minimum absolute atomic E-state index is 0.0701. The van der Waals surface area contributed by atoms with E-state index in [1.165, 1.54) is 6.33 Å². The fraction of sp³-hybridized carbons (Fsp3) is 0.318. The summed E-state index contributed by atoms with van der Waals surface area (Å²) in [6.45, 7) is 2.29. The lowest BCUT2D eigenvalue weighted by Gasteiger charge is -2.18. The zero-order valence-electron chi connectivity index (χ0n) is 17.1. The number of pyridine rings is 1. The number of halogens is 1. The first-order chi connectivity index (χ1) is 15.1. The molecule has 8 nitrogen and oxygen atoms in total. The van der Waals surface area contributed by atoms with Gasteiger partial charge in [-0.1, -0.05) is 17.5 Å². The first-order valence-electron chi connectivity index (χ1n) is 9.67.